The fraction of sp³-hybridized carbons (Fsp3) is 0.263. The van der Waals surface area contributed by atoms with Crippen LogP contribution in [0.5, 0.6) is 0 Å². The molecule has 0 aliphatic carbocycles. The van der Waals surface area contributed by atoms with E-state index < -0.39 is 0 Å². The van der Waals surface area contributed by atoms with Crippen molar-refractivity contribution in [2.45, 2.75) is 13.0 Å². The summed E-state index contributed by atoms with van der Waals surface area (Å²) in [7, 11) is 1.85. The number of nitrogens with one attached hydrogen (secondary N) is 1. The lowest BCUT2D eigenvalue weighted by atomic mass is 9.85. The first kappa shape index (κ1) is 16.3. The molecule has 1 aliphatic heterocycles. The molecule has 3 aromatic rings. The second-order valence-corrected chi connectivity index (χ2v) is 6.62. The van der Waals surface area contributed by atoms with Gasteiger partial charge in [0.05, 0.1) is 17.9 Å². The van der Waals surface area contributed by atoms with Crippen LogP contribution in [0.3, 0.4) is 0 Å². The average Bonchev–Trinajstić information content (AvgIpc) is 3.07. The number of anilines is 1. The normalized spacial score (nSPS) is 19.1. The molecule has 1 saturated heterocycles. The van der Waals surface area contributed by atoms with E-state index in [0.29, 0.717) is 11.7 Å². The van der Waals surface area contributed by atoms with E-state index in [9.17, 15) is 4.79 Å². The molecule has 0 spiro atoms. The number of amides is 2. The third-order valence-electron chi connectivity index (χ3n) is 4.66. The van der Waals surface area contributed by atoms with Gasteiger partial charge in [0.25, 0.3) is 0 Å². The van der Waals surface area contributed by atoms with Crippen molar-refractivity contribution in [1.29, 1.82) is 0 Å². The van der Waals surface area contributed by atoms with Gasteiger partial charge in [-0.05, 0) is 23.6 Å². The number of nitrogens with zero attached hydrogens (tertiary/aromatic N) is 5. The molecule has 2 unspecified atom stereocenters. The number of carbonyl (C=O) groups is 1. The van der Waals surface area contributed by atoms with Gasteiger partial charge in [-0.3, -0.25) is 10.00 Å². The van der Waals surface area contributed by atoms with Gasteiger partial charge in [0.15, 0.2) is 5.82 Å². The number of carbonyl (C=O) groups excluding carboxylic acids is 1. The predicted octanol–water partition coefficient (Wildman–Crippen LogP) is 3.10. The van der Waals surface area contributed by atoms with Gasteiger partial charge in [0.2, 0.25) is 0 Å². The zero-order valence-electron chi connectivity index (χ0n) is 14.7. The molecule has 1 aliphatic rings. The maximum atomic E-state index is 12.6. The lowest BCUT2D eigenvalue weighted by Crippen LogP contribution is -2.53. The van der Waals surface area contributed by atoms with E-state index in [-0.39, 0.29) is 12.1 Å². The molecule has 0 radical (unpaired) electrons. The molecule has 7 heteroatoms. The van der Waals surface area contributed by atoms with Crippen LogP contribution in [0, 0.1) is 5.92 Å². The minimum absolute atomic E-state index is 0.0961. The van der Waals surface area contributed by atoms with E-state index in [1.54, 1.807) is 16.9 Å². The molecule has 1 aromatic carbocycles. The zero-order chi connectivity index (χ0) is 18.1. The number of aryl methyl sites for hydroxylation is 1. The van der Waals surface area contributed by atoms with Crippen molar-refractivity contribution in [1.82, 2.24) is 24.9 Å². The maximum absolute atomic E-state index is 12.6. The molecule has 2 atom stereocenters. The topological polar surface area (TPSA) is 75.9 Å². The van der Waals surface area contributed by atoms with Crippen LogP contribution in [-0.4, -0.2) is 37.5 Å². The molecule has 1 fully saturated rings. The van der Waals surface area contributed by atoms with Crippen molar-refractivity contribution in [3.8, 4) is 11.3 Å². The van der Waals surface area contributed by atoms with Gasteiger partial charge >= 0.3 is 6.03 Å². The lowest BCUT2D eigenvalue weighted by Gasteiger charge is -2.46. The lowest BCUT2D eigenvalue weighted by molar-refractivity contribution is 0.0670. The highest BCUT2D eigenvalue weighted by molar-refractivity contribution is 5.89. The molecule has 3 heterocycles. The van der Waals surface area contributed by atoms with Crippen molar-refractivity contribution in [3.05, 3.63) is 60.4 Å². The molecule has 26 heavy (non-hydrogen) atoms. The van der Waals surface area contributed by atoms with E-state index in [1.807, 2.05) is 42.4 Å². The standard InChI is InChI=1S/C19H20N6O/c1-13-11-25(18(13)14-6-4-3-5-7-14)19(26)21-17-9-8-16(22-23-17)15-10-20-24(2)12-15/h3-10,12-13,18H,11H2,1-2H3,(H,21,23,26). The summed E-state index contributed by atoms with van der Waals surface area (Å²) in [5, 5.41) is 15.3. The number of hydrogen-bond donors (Lipinski definition) is 1. The van der Waals surface area contributed by atoms with Crippen LogP contribution in [0.2, 0.25) is 0 Å². The van der Waals surface area contributed by atoms with Gasteiger partial charge in [-0.15, -0.1) is 10.2 Å². The van der Waals surface area contributed by atoms with Crippen molar-refractivity contribution in [2.75, 3.05) is 11.9 Å². The van der Waals surface area contributed by atoms with E-state index in [2.05, 4.69) is 39.7 Å². The molecule has 2 aromatic heterocycles. The first-order chi connectivity index (χ1) is 12.6. The molecule has 7 nitrogen and oxygen atoms in total. The SMILES string of the molecule is CC1CN(C(=O)Nc2ccc(-c3cnn(C)c3)nn2)C1c1ccccc1. The Morgan fingerprint density at radius 1 is 1.15 bits per heavy atom. The van der Waals surface area contributed by atoms with Crippen LogP contribution in [-0.2, 0) is 7.05 Å². The van der Waals surface area contributed by atoms with Gasteiger partial charge in [-0.1, -0.05) is 37.3 Å². The highest BCUT2D eigenvalue weighted by Gasteiger charge is 2.40. The number of rotatable bonds is 3. The molecular formula is C19H20N6O. The van der Waals surface area contributed by atoms with E-state index >= 15 is 0 Å². The van der Waals surface area contributed by atoms with E-state index in [4.69, 9.17) is 0 Å². The van der Waals surface area contributed by atoms with Crippen LogP contribution in [0.4, 0.5) is 10.6 Å². The smallest absolute Gasteiger partial charge is 0.317 e. The Morgan fingerprint density at radius 3 is 2.58 bits per heavy atom. The first-order valence-corrected chi connectivity index (χ1v) is 8.57. The number of hydrogen-bond acceptors (Lipinski definition) is 4. The second-order valence-electron chi connectivity index (χ2n) is 6.62. The quantitative estimate of drug-likeness (QED) is 0.789. The van der Waals surface area contributed by atoms with Gasteiger partial charge in [-0.2, -0.15) is 5.10 Å². The molecule has 0 bridgehead atoms. The maximum Gasteiger partial charge on any atom is 0.323 e. The number of benzene rings is 1. The monoisotopic (exact) mass is 348 g/mol. The summed E-state index contributed by atoms with van der Waals surface area (Å²) in [6, 6.07) is 13.6. The van der Waals surface area contributed by atoms with Crippen LogP contribution >= 0.6 is 0 Å². The van der Waals surface area contributed by atoms with Crippen molar-refractivity contribution in [2.24, 2.45) is 13.0 Å². The Balaban J connectivity index is 1.45. The van der Waals surface area contributed by atoms with Crippen LogP contribution in [0.15, 0.2) is 54.9 Å². The number of urea groups is 1. The van der Waals surface area contributed by atoms with E-state index in [0.717, 1.165) is 23.4 Å². The fourth-order valence-electron chi connectivity index (χ4n) is 3.35. The van der Waals surface area contributed by atoms with Crippen molar-refractivity contribution in [3.63, 3.8) is 0 Å². The minimum atomic E-state index is -0.152. The summed E-state index contributed by atoms with van der Waals surface area (Å²) in [6.07, 6.45) is 3.60. The third-order valence-corrected chi connectivity index (χ3v) is 4.66. The number of likely N-dealkylation sites (tertiary alicyclic amines) is 1. The highest BCUT2D eigenvalue weighted by Crippen LogP contribution is 2.38. The molecule has 1 N–H and O–H groups in total. The summed E-state index contributed by atoms with van der Waals surface area (Å²) in [4.78, 5) is 14.4. The molecule has 0 saturated carbocycles. The second kappa shape index (κ2) is 6.59. The van der Waals surface area contributed by atoms with Crippen molar-refractivity contribution < 1.29 is 4.79 Å². The number of aromatic nitrogens is 4. The van der Waals surface area contributed by atoms with Gasteiger partial charge in [-0.25, -0.2) is 4.79 Å². The summed E-state index contributed by atoms with van der Waals surface area (Å²) >= 11 is 0. The molecular weight excluding hydrogens is 328 g/mol. The van der Waals surface area contributed by atoms with E-state index in [1.165, 1.54) is 0 Å². The molecule has 2 amide bonds. The van der Waals surface area contributed by atoms with Gasteiger partial charge in [0.1, 0.15) is 0 Å². The summed E-state index contributed by atoms with van der Waals surface area (Å²) in [6.45, 7) is 2.89. The zero-order valence-corrected chi connectivity index (χ0v) is 14.7. The van der Waals surface area contributed by atoms with Crippen molar-refractivity contribution >= 4 is 11.8 Å². The highest BCUT2D eigenvalue weighted by atomic mass is 16.2. The fourth-order valence-corrected chi connectivity index (χ4v) is 3.35. The summed E-state index contributed by atoms with van der Waals surface area (Å²) in [5.41, 5.74) is 2.76. The predicted molar refractivity (Wildman–Crippen MR) is 98.3 cm³/mol. The Labute approximate surface area is 151 Å². The van der Waals surface area contributed by atoms with Crippen LogP contribution in [0.1, 0.15) is 18.5 Å². The third kappa shape index (κ3) is 3.03. The average molecular weight is 348 g/mol. The van der Waals surface area contributed by atoms with Crippen LogP contribution < -0.4 is 5.32 Å². The van der Waals surface area contributed by atoms with Gasteiger partial charge < -0.3 is 4.90 Å². The Kier molecular flexibility index (Phi) is 4.12. The molecule has 4 rings (SSSR count). The first-order valence-electron chi connectivity index (χ1n) is 8.57. The van der Waals surface area contributed by atoms with Gasteiger partial charge in [0, 0.05) is 25.4 Å². The summed E-state index contributed by atoms with van der Waals surface area (Å²) < 4.78 is 1.71. The Hall–Kier alpha value is -3.22. The molecule has 132 valence electrons. The Bertz CT molecular complexity index is 905. The van der Waals surface area contributed by atoms with Crippen LogP contribution in [0.25, 0.3) is 11.3 Å². The largest absolute Gasteiger partial charge is 0.323 e. The Morgan fingerprint density at radius 2 is 1.96 bits per heavy atom. The summed E-state index contributed by atoms with van der Waals surface area (Å²) in [5.74, 6) is 0.871. The minimum Gasteiger partial charge on any atom is -0.317 e.